The van der Waals surface area contributed by atoms with E-state index in [0.29, 0.717) is 5.13 Å². The fraction of sp³-hybridized carbons (Fsp3) is 0.118. The minimum absolute atomic E-state index is 0.143. The first-order valence-corrected chi connectivity index (χ1v) is 10.2. The summed E-state index contributed by atoms with van der Waals surface area (Å²) in [6, 6.07) is 15.1. The van der Waals surface area contributed by atoms with Crippen LogP contribution in [0, 0.1) is 0 Å². The van der Waals surface area contributed by atoms with Gasteiger partial charge in [0.25, 0.3) is 0 Å². The number of halogens is 1. The van der Waals surface area contributed by atoms with Crippen LogP contribution in [-0.2, 0) is 9.59 Å². The molecule has 5 nitrogen and oxygen atoms in total. The van der Waals surface area contributed by atoms with E-state index in [0.717, 1.165) is 20.4 Å². The highest BCUT2D eigenvalue weighted by atomic mass is 79.9. The van der Waals surface area contributed by atoms with E-state index in [1.165, 1.54) is 23.1 Å². The Morgan fingerprint density at radius 3 is 2.56 bits per heavy atom. The zero-order valence-electron chi connectivity index (χ0n) is 13.0. The van der Waals surface area contributed by atoms with Gasteiger partial charge in [0.05, 0.1) is 21.7 Å². The topological polar surface area (TPSA) is 71.1 Å². The number of aromatic nitrogens is 1. The summed E-state index contributed by atoms with van der Waals surface area (Å²) in [4.78, 5) is 28.2. The standard InChI is InChI=1S/C17H14BrN3O2S2/c18-11-4-3-5-12(8-11)19-15(22)9-24-10-16(23)21-17-20-13-6-1-2-7-14(13)25-17/h1-8H,9-10H2,(H,19,22)(H,20,21,23). The van der Waals surface area contributed by atoms with Gasteiger partial charge in [-0.1, -0.05) is 45.5 Å². The van der Waals surface area contributed by atoms with Gasteiger partial charge in [-0.3, -0.25) is 9.59 Å². The van der Waals surface area contributed by atoms with Crippen molar-refractivity contribution in [3.05, 3.63) is 53.0 Å². The van der Waals surface area contributed by atoms with Crippen LogP contribution in [0.5, 0.6) is 0 Å². The van der Waals surface area contributed by atoms with Crippen LogP contribution in [0.25, 0.3) is 10.2 Å². The van der Waals surface area contributed by atoms with Gasteiger partial charge in [-0.15, -0.1) is 11.8 Å². The second kappa shape index (κ2) is 8.46. The average molecular weight is 436 g/mol. The van der Waals surface area contributed by atoms with Gasteiger partial charge in [0.15, 0.2) is 5.13 Å². The lowest BCUT2D eigenvalue weighted by Gasteiger charge is -2.05. The molecule has 2 N–H and O–H groups in total. The largest absolute Gasteiger partial charge is 0.325 e. The maximum Gasteiger partial charge on any atom is 0.236 e. The molecule has 0 aliphatic rings. The van der Waals surface area contributed by atoms with Crippen LogP contribution in [0.15, 0.2) is 53.0 Å². The van der Waals surface area contributed by atoms with Crippen LogP contribution in [0.2, 0.25) is 0 Å². The van der Waals surface area contributed by atoms with E-state index in [4.69, 9.17) is 0 Å². The monoisotopic (exact) mass is 435 g/mol. The Kier molecular flexibility index (Phi) is 6.06. The van der Waals surface area contributed by atoms with Crippen molar-refractivity contribution in [2.24, 2.45) is 0 Å². The van der Waals surface area contributed by atoms with E-state index in [2.05, 4.69) is 31.5 Å². The molecule has 1 aromatic heterocycles. The van der Waals surface area contributed by atoms with Gasteiger partial charge in [0.1, 0.15) is 0 Å². The number of hydrogen-bond donors (Lipinski definition) is 2. The lowest BCUT2D eigenvalue weighted by Crippen LogP contribution is -2.18. The van der Waals surface area contributed by atoms with Crippen molar-refractivity contribution in [2.75, 3.05) is 22.1 Å². The van der Waals surface area contributed by atoms with Crippen molar-refractivity contribution in [1.29, 1.82) is 0 Å². The number of thiazole rings is 1. The summed E-state index contributed by atoms with van der Waals surface area (Å²) in [5, 5.41) is 6.14. The highest BCUT2D eigenvalue weighted by molar-refractivity contribution is 9.10. The second-order valence-corrected chi connectivity index (χ2v) is 8.02. The summed E-state index contributed by atoms with van der Waals surface area (Å²) in [6.07, 6.45) is 0. The zero-order chi connectivity index (χ0) is 17.6. The summed E-state index contributed by atoms with van der Waals surface area (Å²) in [7, 11) is 0. The van der Waals surface area contributed by atoms with Crippen molar-refractivity contribution in [2.45, 2.75) is 0 Å². The fourth-order valence-corrected chi connectivity index (χ4v) is 3.98. The molecule has 3 aromatic rings. The Hall–Kier alpha value is -1.90. The number of fused-ring (bicyclic) bond motifs is 1. The first kappa shape index (κ1) is 17.9. The van der Waals surface area contributed by atoms with Crippen LogP contribution in [0.1, 0.15) is 0 Å². The SMILES string of the molecule is O=C(CSCC(=O)Nc1nc2ccccc2s1)Nc1cccc(Br)c1. The first-order valence-electron chi connectivity index (χ1n) is 7.39. The van der Waals surface area contributed by atoms with Crippen LogP contribution < -0.4 is 10.6 Å². The highest BCUT2D eigenvalue weighted by Gasteiger charge is 2.09. The Labute approximate surface area is 161 Å². The molecule has 3 rings (SSSR count). The Bertz CT molecular complexity index is 881. The molecule has 0 aliphatic carbocycles. The van der Waals surface area contributed by atoms with Gasteiger partial charge in [-0.05, 0) is 30.3 Å². The number of anilines is 2. The van der Waals surface area contributed by atoms with Crippen molar-refractivity contribution in [1.82, 2.24) is 4.98 Å². The number of hydrogen-bond acceptors (Lipinski definition) is 5. The second-order valence-electron chi connectivity index (χ2n) is 5.09. The molecule has 0 spiro atoms. The number of carbonyl (C=O) groups is 2. The molecule has 0 unspecified atom stereocenters. The number of rotatable bonds is 6. The van der Waals surface area contributed by atoms with E-state index >= 15 is 0 Å². The van der Waals surface area contributed by atoms with E-state index in [1.807, 2.05) is 48.5 Å². The number of nitrogens with one attached hydrogen (secondary N) is 2. The minimum Gasteiger partial charge on any atom is -0.325 e. The quantitative estimate of drug-likeness (QED) is 0.602. The molecule has 0 atom stereocenters. The molecular weight excluding hydrogens is 422 g/mol. The molecule has 0 bridgehead atoms. The molecule has 2 aromatic carbocycles. The number of carbonyl (C=O) groups excluding carboxylic acids is 2. The average Bonchev–Trinajstić information content (AvgIpc) is 2.96. The van der Waals surface area contributed by atoms with Crippen LogP contribution in [0.3, 0.4) is 0 Å². The predicted octanol–water partition coefficient (Wildman–Crippen LogP) is 4.37. The van der Waals surface area contributed by atoms with E-state index in [-0.39, 0.29) is 23.3 Å². The third-order valence-corrected chi connectivity index (χ3v) is 5.49. The molecule has 8 heteroatoms. The Morgan fingerprint density at radius 1 is 1.04 bits per heavy atom. The summed E-state index contributed by atoms with van der Waals surface area (Å²) >= 11 is 6.05. The minimum atomic E-state index is -0.167. The third-order valence-electron chi connectivity index (χ3n) is 3.11. The summed E-state index contributed by atoms with van der Waals surface area (Å²) in [5.41, 5.74) is 1.59. The van der Waals surface area contributed by atoms with Crippen molar-refractivity contribution < 1.29 is 9.59 Å². The third kappa shape index (κ3) is 5.29. The smallest absolute Gasteiger partial charge is 0.236 e. The van der Waals surface area contributed by atoms with Gasteiger partial charge in [-0.25, -0.2) is 4.98 Å². The van der Waals surface area contributed by atoms with Gasteiger partial charge in [0.2, 0.25) is 11.8 Å². The molecule has 25 heavy (non-hydrogen) atoms. The molecule has 0 saturated heterocycles. The van der Waals surface area contributed by atoms with E-state index in [9.17, 15) is 9.59 Å². The summed E-state index contributed by atoms with van der Waals surface area (Å²) < 4.78 is 1.92. The lowest BCUT2D eigenvalue weighted by atomic mass is 10.3. The Balaban J connectivity index is 1.43. The number of amides is 2. The normalized spacial score (nSPS) is 10.6. The molecule has 2 amide bonds. The van der Waals surface area contributed by atoms with Crippen LogP contribution >= 0.6 is 39.0 Å². The molecule has 0 radical (unpaired) electrons. The van der Waals surface area contributed by atoms with Gasteiger partial charge in [0, 0.05) is 10.2 Å². The molecule has 0 aliphatic heterocycles. The maximum absolute atomic E-state index is 12.0. The van der Waals surface area contributed by atoms with E-state index in [1.54, 1.807) is 0 Å². The van der Waals surface area contributed by atoms with Crippen molar-refractivity contribution in [3.8, 4) is 0 Å². The number of thioether (sulfide) groups is 1. The lowest BCUT2D eigenvalue weighted by molar-refractivity contribution is -0.114. The van der Waals surface area contributed by atoms with Gasteiger partial charge >= 0.3 is 0 Å². The number of nitrogens with zero attached hydrogens (tertiary/aromatic N) is 1. The first-order chi connectivity index (χ1) is 12.1. The molecular formula is C17H14BrN3O2S2. The Morgan fingerprint density at radius 2 is 1.80 bits per heavy atom. The molecule has 1 heterocycles. The van der Waals surface area contributed by atoms with Gasteiger partial charge in [-0.2, -0.15) is 0 Å². The molecule has 0 saturated carbocycles. The van der Waals surface area contributed by atoms with Crippen molar-refractivity contribution >= 4 is 71.9 Å². The van der Waals surface area contributed by atoms with Crippen LogP contribution in [0.4, 0.5) is 10.8 Å². The predicted molar refractivity (Wildman–Crippen MR) is 108 cm³/mol. The summed E-state index contributed by atoms with van der Waals surface area (Å²) in [5.74, 6) is 0.0944. The van der Waals surface area contributed by atoms with Crippen molar-refractivity contribution in [3.63, 3.8) is 0 Å². The fourth-order valence-electron chi connectivity index (χ4n) is 2.08. The highest BCUT2D eigenvalue weighted by Crippen LogP contribution is 2.25. The molecule has 0 fully saturated rings. The van der Waals surface area contributed by atoms with Crippen LogP contribution in [-0.4, -0.2) is 28.3 Å². The maximum atomic E-state index is 12.0. The number of para-hydroxylation sites is 1. The number of benzene rings is 2. The van der Waals surface area contributed by atoms with Gasteiger partial charge < -0.3 is 10.6 Å². The zero-order valence-corrected chi connectivity index (χ0v) is 16.2. The van der Waals surface area contributed by atoms with E-state index < -0.39 is 0 Å². The summed E-state index contributed by atoms with van der Waals surface area (Å²) in [6.45, 7) is 0. The molecule has 128 valence electrons.